The van der Waals surface area contributed by atoms with Crippen molar-refractivity contribution in [1.29, 1.82) is 0 Å². The van der Waals surface area contributed by atoms with Gasteiger partial charge in [-0.3, -0.25) is 0 Å². The molecule has 0 aromatic heterocycles. The van der Waals surface area contributed by atoms with Crippen LogP contribution in [0.4, 0.5) is 8.78 Å². The first-order chi connectivity index (χ1) is 8.61. The smallest absolute Gasteiger partial charge is 0.330 e. The molecule has 1 rings (SSSR count). The van der Waals surface area contributed by atoms with E-state index in [1.807, 2.05) is 12.1 Å². The number of alkyl halides is 2. The highest BCUT2D eigenvalue weighted by atomic mass is 19.3. The van der Waals surface area contributed by atoms with Crippen molar-refractivity contribution in [2.24, 2.45) is 0 Å². The SMILES string of the molecule is COC(=O)/C=C/c1ccc(CNCC(F)F)cc1. The van der Waals surface area contributed by atoms with Crippen LogP contribution < -0.4 is 5.32 Å². The van der Waals surface area contributed by atoms with Crippen LogP contribution in [-0.4, -0.2) is 26.0 Å². The summed E-state index contributed by atoms with van der Waals surface area (Å²) in [6.07, 6.45) is 0.610. The highest BCUT2D eigenvalue weighted by Gasteiger charge is 2.00. The number of hydrogen-bond acceptors (Lipinski definition) is 3. The van der Waals surface area contributed by atoms with Crippen LogP contribution in [0.3, 0.4) is 0 Å². The van der Waals surface area contributed by atoms with Crippen molar-refractivity contribution in [3.63, 3.8) is 0 Å². The van der Waals surface area contributed by atoms with E-state index in [1.165, 1.54) is 13.2 Å². The lowest BCUT2D eigenvalue weighted by atomic mass is 10.1. The van der Waals surface area contributed by atoms with Crippen LogP contribution in [0.25, 0.3) is 6.08 Å². The highest BCUT2D eigenvalue weighted by molar-refractivity contribution is 5.86. The molecular formula is C13H15F2NO2. The summed E-state index contributed by atoms with van der Waals surface area (Å²) in [6, 6.07) is 7.24. The molecule has 98 valence electrons. The Balaban J connectivity index is 2.47. The Morgan fingerprint density at radius 2 is 2.06 bits per heavy atom. The van der Waals surface area contributed by atoms with Gasteiger partial charge in [0.2, 0.25) is 0 Å². The Kier molecular flexibility index (Phi) is 6.00. The summed E-state index contributed by atoms with van der Waals surface area (Å²) in [4.78, 5) is 10.9. The molecule has 0 heterocycles. The van der Waals surface area contributed by atoms with Crippen LogP contribution in [-0.2, 0) is 16.1 Å². The molecule has 0 aliphatic carbocycles. The summed E-state index contributed by atoms with van der Waals surface area (Å²) in [5.41, 5.74) is 1.75. The molecule has 1 N–H and O–H groups in total. The Morgan fingerprint density at radius 3 is 2.61 bits per heavy atom. The van der Waals surface area contributed by atoms with Crippen molar-refractivity contribution in [3.05, 3.63) is 41.5 Å². The maximum Gasteiger partial charge on any atom is 0.330 e. The van der Waals surface area contributed by atoms with E-state index in [0.29, 0.717) is 6.54 Å². The lowest BCUT2D eigenvalue weighted by Gasteiger charge is -2.04. The van der Waals surface area contributed by atoms with Gasteiger partial charge in [-0.05, 0) is 17.2 Å². The third kappa shape index (κ3) is 5.54. The van der Waals surface area contributed by atoms with E-state index in [4.69, 9.17) is 0 Å². The summed E-state index contributed by atoms with van der Waals surface area (Å²) in [5.74, 6) is -0.419. The van der Waals surface area contributed by atoms with E-state index in [0.717, 1.165) is 11.1 Å². The predicted molar refractivity (Wildman–Crippen MR) is 65.2 cm³/mol. The molecule has 0 aliphatic heterocycles. The minimum absolute atomic E-state index is 0.315. The molecule has 1 aromatic rings. The van der Waals surface area contributed by atoms with Gasteiger partial charge < -0.3 is 10.1 Å². The zero-order valence-corrected chi connectivity index (χ0v) is 10.0. The molecule has 0 atom stereocenters. The van der Waals surface area contributed by atoms with E-state index in [2.05, 4.69) is 10.1 Å². The molecule has 0 saturated heterocycles. The monoisotopic (exact) mass is 255 g/mol. The van der Waals surface area contributed by atoms with Crippen LogP contribution in [0.2, 0.25) is 0 Å². The number of nitrogens with one attached hydrogen (secondary N) is 1. The molecule has 3 nitrogen and oxygen atoms in total. The fraction of sp³-hybridized carbons (Fsp3) is 0.308. The first-order valence-electron chi connectivity index (χ1n) is 5.45. The first kappa shape index (κ1) is 14.3. The van der Waals surface area contributed by atoms with Crippen molar-refractivity contribution < 1.29 is 18.3 Å². The van der Waals surface area contributed by atoms with Gasteiger partial charge in [-0.2, -0.15) is 0 Å². The summed E-state index contributed by atoms with van der Waals surface area (Å²) in [5, 5.41) is 2.64. The number of benzene rings is 1. The molecule has 0 aliphatic rings. The Morgan fingerprint density at radius 1 is 1.39 bits per heavy atom. The quantitative estimate of drug-likeness (QED) is 0.625. The molecule has 0 bridgehead atoms. The minimum Gasteiger partial charge on any atom is -0.466 e. The van der Waals surface area contributed by atoms with Gasteiger partial charge in [0.15, 0.2) is 0 Å². The van der Waals surface area contributed by atoms with E-state index in [9.17, 15) is 13.6 Å². The van der Waals surface area contributed by atoms with Gasteiger partial charge in [-0.1, -0.05) is 24.3 Å². The van der Waals surface area contributed by atoms with Gasteiger partial charge in [-0.15, -0.1) is 0 Å². The zero-order valence-electron chi connectivity index (χ0n) is 10.0. The van der Waals surface area contributed by atoms with Gasteiger partial charge in [0.05, 0.1) is 13.7 Å². The fourth-order valence-corrected chi connectivity index (χ4v) is 1.30. The fourth-order valence-electron chi connectivity index (χ4n) is 1.30. The van der Waals surface area contributed by atoms with Gasteiger partial charge >= 0.3 is 5.97 Å². The summed E-state index contributed by atoms with van der Waals surface area (Å²) >= 11 is 0. The third-order valence-corrected chi connectivity index (χ3v) is 2.22. The molecule has 0 amide bonds. The Labute approximate surface area is 104 Å². The van der Waals surface area contributed by atoms with E-state index in [1.54, 1.807) is 18.2 Å². The standard InChI is InChI=1S/C13H15F2NO2/c1-18-13(17)7-6-10-2-4-11(5-3-10)8-16-9-12(14)15/h2-7,12,16H,8-9H2,1H3/b7-6+. The van der Waals surface area contributed by atoms with E-state index >= 15 is 0 Å². The van der Waals surface area contributed by atoms with Crippen LogP contribution in [0.5, 0.6) is 0 Å². The number of esters is 1. The Bertz CT molecular complexity index is 402. The number of methoxy groups -OCH3 is 1. The van der Waals surface area contributed by atoms with Crippen LogP contribution in [0.1, 0.15) is 11.1 Å². The molecule has 0 spiro atoms. The minimum atomic E-state index is -2.34. The van der Waals surface area contributed by atoms with E-state index < -0.39 is 12.4 Å². The van der Waals surface area contributed by atoms with Crippen molar-refractivity contribution in [2.75, 3.05) is 13.7 Å². The molecule has 0 radical (unpaired) electrons. The highest BCUT2D eigenvalue weighted by Crippen LogP contribution is 2.06. The van der Waals surface area contributed by atoms with Crippen LogP contribution in [0.15, 0.2) is 30.3 Å². The van der Waals surface area contributed by atoms with Crippen molar-refractivity contribution in [3.8, 4) is 0 Å². The predicted octanol–water partition coefficient (Wildman–Crippen LogP) is 2.23. The zero-order chi connectivity index (χ0) is 13.4. The molecule has 0 fully saturated rings. The summed E-state index contributed by atoms with van der Waals surface area (Å²) < 4.78 is 28.3. The lowest BCUT2D eigenvalue weighted by molar-refractivity contribution is -0.134. The average molecular weight is 255 g/mol. The van der Waals surface area contributed by atoms with Gasteiger partial charge in [0.25, 0.3) is 6.43 Å². The molecule has 1 aromatic carbocycles. The second kappa shape index (κ2) is 7.55. The molecule has 0 unspecified atom stereocenters. The summed E-state index contributed by atoms with van der Waals surface area (Å²) in [6.45, 7) is 0.0787. The molecule has 0 saturated carbocycles. The second-order valence-corrected chi connectivity index (χ2v) is 3.62. The van der Waals surface area contributed by atoms with E-state index in [-0.39, 0.29) is 6.54 Å². The first-order valence-corrected chi connectivity index (χ1v) is 5.45. The van der Waals surface area contributed by atoms with Crippen molar-refractivity contribution in [1.82, 2.24) is 5.32 Å². The molecule has 5 heteroatoms. The van der Waals surface area contributed by atoms with Crippen molar-refractivity contribution in [2.45, 2.75) is 13.0 Å². The normalized spacial score (nSPS) is 11.1. The molecular weight excluding hydrogens is 240 g/mol. The molecule has 18 heavy (non-hydrogen) atoms. The van der Waals surface area contributed by atoms with Crippen LogP contribution >= 0.6 is 0 Å². The lowest BCUT2D eigenvalue weighted by Crippen LogP contribution is -2.20. The maximum absolute atomic E-state index is 11.9. The van der Waals surface area contributed by atoms with Gasteiger partial charge in [-0.25, -0.2) is 13.6 Å². The number of halogens is 2. The van der Waals surface area contributed by atoms with Gasteiger partial charge in [0, 0.05) is 12.6 Å². The average Bonchev–Trinajstić information content (AvgIpc) is 2.37. The number of ether oxygens (including phenoxy) is 1. The Hall–Kier alpha value is -1.75. The van der Waals surface area contributed by atoms with Gasteiger partial charge in [0.1, 0.15) is 0 Å². The number of hydrogen-bond donors (Lipinski definition) is 1. The number of carbonyl (C=O) groups excluding carboxylic acids is 1. The van der Waals surface area contributed by atoms with Crippen LogP contribution in [0, 0.1) is 0 Å². The second-order valence-electron chi connectivity index (χ2n) is 3.62. The third-order valence-electron chi connectivity index (χ3n) is 2.22. The largest absolute Gasteiger partial charge is 0.466 e. The van der Waals surface area contributed by atoms with Crippen molar-refractivity contribution >= 4 is 12.0 Å². The summed E-state index contributed by atoms with van der Waals surface area (Å²) in [7, 11) is 1.31. The maximum atomic E-state index is 11.9. The topological polar surface area (TPSA) is 38.3 Å². The number of rotatable bonds is 6. The number of carbonyl (C=O) groups is 1.